The fraction of sp³-hybridized carbons (Fsp3) is 0.250. The molecular formula is C20H21N5. The fourth-order valence-electron chi connectivity index (χ4n) is 3.36. The molecule has 0 bridgehead atoms. The van der Waals surface area contributed by atoms with E-state index in [9.17, 15) is 0 Å². The third-order valence-electron chi connectivity index (χ3n) is 4.51. The summed E-state index contributed by atoms with van der Waals surface area (Å²) in [7, 11) is 1.75. The van der Waals surface area contributed by atoms with E-state index in [1.807, 2.05) is 25.1 Å². The number of aliphatic imine (C=N–C) groups is 1. The molecule has 0 radical (unpaired) electrons. The summed E-state index contributed by atoms with van der Waals surface area (Å²) in [5.41, 5.74) is 7.66. The number of aromatic nitrogens is 3. The average Bonchev–Trinajstić information content (AvgIpc) is 3.21. The molecular weight excluding hydrogens is 310 g/mol. The summed E-state index contributed by atoms with van der Waals surface area (Å²) in [4.78, 5) is 8.65. The molecule has 0 saturated carbocycles. The minimum absolute atomic E-state index is 0.942. The number of nitrogens with zero attached hydrogens (tertiary/aromatic N) is 4. The van der Waals surface area contributed by atoms with Crippen molar-refractivity contribution in [1.82, 2.24) is 14.8 Å². The Kier molecular flexibility index (Phi) is 4.06. The van der Waals surface area contributed by atoms with Crippen molar-refractivity contribution in [2.45, 2.75) is 26.3 Å². The van der Waals surface area contributed by atoms with Crippen molar-refractivity contribution in [3.8, 4) is 22.5 Å². The largest absolute Gasteiger partial charge is 0.347 e. The van der Waals surface area contributed by atoms with Crippen LogP contribution in [-0.4, -0.2) is 28.2 Å². The zero-order chi connectivity index (χ0) is 17.2. The van der Waals surface area contributed by atoms with Gasteiger partial charge in [0, 0.05) is 36.2 Å². The zero-order valence-corrected chi connectivity index (χ0v) is 14.5. The Hall–Kier alpha value is -2.95. The molecule has 1 aromatic carbocycles. The van der Waals surface area contributed by atoms with Gasteiger partial charge in [0.15, 0.2) is 0 Å². The van der Waals surface area contributed by atoms with Gasteiger partial charge in [-0.15, -0.1) is 0 Å². The Labute approximate surface area is 147 Å². The molecule has 0 amide bonds. The van der Waals surface area contributed by atoms with Crippen LogP contribution in [0.5, 0.6) is 0 Å². The van der Waals surface area contributed by atoms with Crippen LogP contribution in [-0.2, 0) is 13.0 Å². The second-order valence-electron chi connectivity index (χ2n) is 6.27. The van der Waals surface area contributed by atoms with Gasteiger partial charge in [-0.3, -0.25) is 14.7 Å². The molecule has 1 aliphatic heterocycles. The zero-order valence-electron chi connectivity index (χ0n) is 14.5. The lowest BCUT2D eigenvalue weighted by Gasteiger charge is -2.07. The van der Waals surface area contributed by atoms with Crippen LogP contribution in [0.3, 0.4) is 0 Å². The molecule has 2 aromatic heterocycles. The van der Waals surface area contributed by atoms with Gasteiger partial charge in [-0.25, -0.2) is 0 Å². The Morgan fingerprint density at radius 2 is 2.00 bits per heavy atom. The van der Waals surface area contributed by atoms with Gasteiger partial charge in [0.05, 0.1) is 12.0 Å². The van der Waals surface area contributed by atoms with Crippen molar-refractivity contribution < 1.29 is 0 Å². The van der Waals surface area contributed by atoms with Crippen LogP contribution in [0, 0.1) is 6.92 Å². The van der Waals surface area contributed by atoms with Gasteiger partial charge in [0.2, 0.25) is 0 Å². The topological polar surface area (TPSA) is 55.1 Å². The second kappa shape index (κ2) is 6.51. The van der Waals surface area contributed by atoms with Gasteiger partial charge in [0.1, 0.15) is 5.69 Å². The van der Waals surface area contributed by atoms with Gasteiger partial charge < -0.3 is 5.32 Å². The number of aryl methyl sites for hydroxylation is 2. The third kappa shape index (κ3) is 2.93. The summed E-state index contributed by atoms with van der Waals surface area (Å²) in [5, 5.41) is 8.02. The van der Waals surface area contributed by atoms with Crippen molar-refractivity contribution in [2.24, 2.45) is 4.99 Å². The van der Waals surface area contributed by atoms with Crippen molar-refractivity contribution in [2.75, 3.05) is 12.4 Å². The van der Waals surface area contributed by atoms with Gasteiger partial charge in [-0.2, -0.15) is 5.10 Å². The second-order valence-corrected chi connectivity index (χ2v) is 6.27. The van der Waals surface area contributed by atoms with E-state index in [0.717, 1.165) is 42.2 Å². The van der Waals surface area contributed by atoms with Crippen LogP contribution in [0.15, 0.2) is 47.5 Å². The summed E-state index contributed by atoms with van der Waals surface area (Å²) in [5.74, 6) is 0. The van der Waals surface area contributed by atoms with E-state index < -0.39 is 0 Å². The highest BCUT2D eigenvalue weighted by Gasteiger charge is 2.24. The molecule has 0 aliphatic carbocycles. The molecule has 0 spiro atoms. The molecule has 0 unspecified atom stereocenters. The maximum absolute atomic E-state index is 4.87. The molecule has 3 heterocycles. The molecule has 4 rings (SSSR count). The predicted molar refractivity (Wildman–Crippen MR) is 102 cm³/mol. The lowest BCUT2D eigenvalue weighted by molar-refractivity contribution is 0.658. The number of rotatable bonds is 4. The first kappa shape index (κ1) is 15.6. The molecule has 0 atom stereocenters. The minimum atomic E-state index is 0.942. The molecule has 5 heteroatoms. The molecule has 0 fully saturated rings. The van der Waals surface area contributed by atoms with Gasteiger partial charge in [-0.05, 0) is 49.6 Å². The van der Waals surface area contributed by atoms with Crippen LogP contribution >= 0.6 is 0 Å². The normalized spacial score (nSPS) is 13.4. The summed E-state index contributed by atoms with van der Waals surface area (Å²) in [6.07, 6.45) is 3.91. The maximum Gasteiger partial charge on any atom is 0.119 e. The van der Waals surface area contributed by atoms with Crippen LogP contribution < -0.4 is 5.32 Å². The maximum atomic E-state index is 4.87. The first-order valence-electron chi connectivity index (χ1n) is 8.57. The minimum Gasteiger partial charge on any atom is -0.347 e. The van der Waals surface area contributed by atoms with Crippen molar-refractivity contribution in [3.05, 3.63) is 53.9 Å². The van der Waals surface area contributed by atoms with E-state index in [4.69, 9.17) is 10.1 Å². The summed E-state index contributed by atoms with van der Waals surface area (Å²) < 4.78 is 2.14. The molecule has 0 saturated heterocycles. The monoisotopic (exact) mass is 331 g/mol. The summed E-state index contributed by atoms with van der Waals surface area (Å²) in [6.45, 7) is 3.00. The van der Waals surface area contributed by atoms with E-state index in [1.54, 1.807) is 13.4 Å². The van der Waals surface area contributed by atoms with Crippen LogP contribution in [0.1, 0.15) is 17.8 Å². The Balaban J connectivity index is 1.81. The van der Waals surface area contributed by atoms with Gasteiger partial charge in [0.25, 0.3) is 0 Å². The van der Waals surface area contributed by atoms with Crippen LogP contribution in [0.2, 0.25) is 0 Å². The molecule has 5 nitrogen and oxygen atoms in total. The Bertz CT molecular complexity index is 922. The molecule has 126 valence electrons. The lowest BCUT2D eigenvalue weighted by atomic mass is 9.99. The number of fused-ring (bicyclic) bond motifs is 1. The molecule has 1 aliphatic rings. The predicted octanol–water partition coefficient (Wildman–Crippen LogP) is 3.94. The van der Waals surface area contributed by atoms with E-state index in [0.29, 0.717) is 0 Å². The number of pyridine rings is 1. The van der Waals surface area contributed by atoms with E-state index in [1.165, 1.54) is 16.8 Å². The highest BCUT2D eigenvalue weighted by molar-refractivity contribution is 5.83. The smallest absolute Gasteiger partial charge is 0.119 e. The highest BCUT2D eigenvalue weighted by Crippen LogP contribution is 2.37. The van der Waals surface area contributed by atoms with E-state index in [2.05, 4.69) is 39.3 Å². The van der Waals surface area contributed by atoms with Gasteiger partial charge in [-0.1, -0.05) is 18.2 Å². The Morgan fingerprint density at radius 3 is 2.76 bits per heavy atom. The van der Waals surface area contributed by atoms with Crippen LogP contribution in [0.25, 0.3) is 22.5 Å². The highest BCUT2D eigenvalue weighted by atomic mass is 15.3. The standard InChI is InChI=1S/C20H21N5/c1-14-5-3-6-17(23-14)20-19(18-7-4-12-25(18)24-20)15-8-10-16(11-9-15)22-13-21-2/h3,5-6,8-11,13H,4,7,12H2,1-2H3,(H,21,22). The van der Waals surface area contributed by atoms with E-state index in [-0.39, 0.29) is 0 Å². The average molecular weight is 331 g/mol. The molecule has 1 N–H and O–H groups in total. The number of hydrogen-bond donors (Lipinski definition) is 1. The Morgan fingerprint density at radius 1 is 1.16 bits per heavy atom. The third-order valence-corrected chi connectivity index (χ3v) is 4.51. The summed E-state index contributed by atoms with van der Waals surface area (Å²) >= 11 is 0. The van der Waals surface area contributed by atoms with Crippen molar-refractivity contribution in [1.29, 1.82) is 0 Å². The molecule has 25 heavy (non-hydrogen) atoms. The quantitative estimate of drug-likeness (QED) is 0.582. The fourth-order valence-corrected chi connectivity index (χ4v) is 3.36. The van der Waals surface area contributed by atoms with Crippen molar-refractivity contribution in [3.63, 3.8) is 0 Å². The molecule has 3 aromatic rings. The first-order valence-corrected chi connectivity index (χ1v) is 8.57. The van der Waals surface area contributed by atoms with Crippen LogP contribution in [0.4, 0.5) is 5.69 Å². The lowest BCUT2D eigenvalue weighted by Crippen LogP contribution is -1.95. The van der Waals surface area contributed by atoms with Crippen molar-refractivity contribution >= 4 is 12.0 Å². The number of benzene rings is 1. The number of nitrogens with one attached hydrogen (secondary N) is 1. The first-order chi connectivity index (χ1) is 12.3. The number of anilines is 1. The SMILES string of the molecule is CN=CNc1ccc(-c2c(-c3cccc(C)n3)nn3c2CCC3)cc1. The number of hydrogen-bond acceptors (Lipinski definition) is 3. The van der Waals surface area contributed by atoms with E-state index >= 15 is 0 Å². The summed E-state index contributed by atoms with van der Waals surface area (Å²) in [6, 6.07) is 14.5. The van der Waals surface area contributed by atoms with Gasteiger partial charge >= 0.3 is 0 Å².